The molecule has 2 aliphatic carbocycles. The summed E-state index contributed by atoms with van der Waals surface area (Å²) in [7, 11) is 0. The molecule has 3 atom stereocenters. The molecule has 0 aromatic heterocycles. The van der Waals surface area contributed by atoms with Crippen LogP contribution < -0.4 is 0 Å². The van der Waals surface area contributed by atoms with Gasteiger partial charge in [-0.2, -0.15) is 0 Å². The van der Waals surface area contributed by atoms with Gasteiger partial charge >= 0.3 is 5.97 Å². The first-order valence-electron chi connectivity index (χ1n) is 5.52. The number of hydrogen-bond acceptors (Lipinski definition) is 3. The van der Waals surface area contributed by atoms with Crippen LogP contribution in [0.1, 0.15) is 39.0 Å². The molecule has 2 bridgehead atoms. The number of ether oxygens (including phenoxy) is 1. The summed E-state index contributed by atoms with van der Waals surface area (Å²) in [6.07, 6.45) is 4.42. The molecule has 2 unspecified atom stereocenters. The molecule has 0 aromatic carbocycles. The maximum atomic E-state index is 11.3. The molecule has 0 amide bonds. The Morgan fingerprint density at radius 3 is 2.86 bits per heavy atom. The van der Waals surface area contributed by atoms with Gasteiger partial charge in [-0.25, -0.2) is 0 Å². The number of carbonyl (C=O) groups excluding carboxylic acids is 1. The van der Waals surface area contributed by atoms with Gasteiger partial charge < -0.3 is 9.84 Å². The third-order valence-corrected chi connectivity index (χ3v) is 3.70. The summed E-state index contributed by atoms with van der Waals surface area (Å²) in [6.45, 7) is 2.20. The van der Waals surface area contributed by atoms with Crippen molar-refractivity contribution in [1.29, 1.82) is 0 Å². The van der Waals surface area contributed by atoms with Crippen LogP contribution in [0, 0.1) is 11.8 Å². The zero-order valence-corrected chi connectivity index (χ0v) is 8.66. The van der Waals surface area contributed by atoms with E-state index in [1.165, 1.54) is 6.42 Å². The molecule has 0 heterocycles. The second-order valence-electron chi connectivity index (χ2n) is 4.67. The maximum Gasteiger partial charge on any atom is 0.308 e. The van der Waals surface area contributed by atoms with Crippen LogP contribution in [0.25, 0.3) is 0 Å². The van der Waals surface area contributed by atoms with Crippen LogP contribution in [0.4, 0.5) is 0 Å². The molecule has 14 heavy (non-hydrogen) atoms. The Morgan fingerprint density at radius 1 is 1.57 bits per heavy atom. The molecule has 0 aromatic rings. The summed E-state index contributed by atoms with van der Waals surface area (Å²) in [5.41, 5.74) is -0.741. The van der Waals surface area contributed by atoms with Crippen LogP contribution in [0.2, 0.25) is 0 Å². The van der Waals surface area contributed by atoms with Gasteiger partial charge in [-0.05, 0) is 44.4 Å². The Labute approximate surface area is 84.4 Å². The third kappa shape index (κ3) is 1.65. The molecule has 3 nitrogen and oxygen atoms in total. The molecule has 0 aliphatic heterocycles. The highest BCUT2D eigenvalue weighted by Gasteiger charge is 2.50. The van der Waals surface area contributed by atoms with E-state index in [4.69, 9.17) is 4.74 Å². The van der Waals surface area contributed by atoms with Crippen LogP contribution in [0.15, 0.2) is 0 Å². The SMILES string of the molecule is CCOC(=O)C[C@@]1(O)CC2CCC1C2. The van der Waals surface area contributed by atoms with Crippen LogP contribution in [-0.2, 0) is 9.53 Å². The summed E-state index contributed by atoms with van der Waals surface area (Å²) < 4.78 is 4.88. The Kier molecular flexibility index (Phi) is 2.52. The predicted octanol–water partition coefficient (Wildman–Crippen LogP) is 1.49. The standard InChI is InChI=1S/C11H18O3/c1-2-14-10(12)7-11(13)6-8-3-4-9(11)5-8/h8-9,13H,2-7H2,1H3/t8?,9?,11-/m0/s1. The average Bonchev–Trinajstić information content (AvgIpc) is 2.62. The van der Waals surface area contributed by atoms with E-state index in [9.17, 15) is 9.90 Å². The lowest BCUT2D eigenvalue weighted by molar-refractivity contribution is -0.151. The van der Waals surface area contributed by atoms with Crippen molar-refractivity contribution in [3.63, 3.8) is 0 Å². The first-order valence-corrected chi connectivity index (χ1v) is 5.52. The van der Waals surface area contributed by atoms with Gasteiger partial charge in [0.15, 0.2) is 0 Å². The first kappa shape index (κ1) is 9.97. The van der Waals surface area contributed by atoms with Crippen LogP contribution in [-0.4, -0.2) is 23.3 Å². The minimum Gasteiger partial charge on any atom is -0.466 e. The Bertz CT molecular complexity index is 239. The highest BCUT2D eigenvalue weighted by atomic mass is 16.5. The Hall–Kier alpha value is -0.570. The largest absolute Gasteiger partial charge is 0.466 e. The average molecular weight is 198 g/mol. The third-order valence-electron chi connectivity index (χ3n) is 3.70. The first-order chi connectivity index (χ1) is 6.64. The van der Waals surface area contributed by atoms with Gasteiger partial charge in [-0.1, -0.05) is 0 Å². The summed E-state index contributed by atoms with van der Waals surface area (Å²) in [5.74, 6) is 0.749. The minimum atomic E-state index is -0.741. The van der Waals surface area contributed by atoms with E-state index in [-0.39, 0.29) is 12.4 Å². The summed E-state index contributed by atoms with van der Waals surface area (Å²) in [5, 5.41) is 10.3. The molecule has 80 valence electrons. The van der Waals surface area contributed by atoms with E-state index in [2.05, 4.69) is 0 Å². The minimum absolute atomic E-state index is 0.196. The molecule has 2 fully saturated rings. The molecular formula is C11H18O3. The second-order valence-corrected chi connectivity index (χ2v) is 4.67. The van der Waals surface area contributed by atoms with Gasteiger partial charge in [0.2, 0.25) is 0 Å². The monoisotopic (exact) mass is 198 g/mol. The zero-order chi connectivity index (χ0) is 10.2. The normalized spacial score (nSPS) is 40.1. The highest BCUT2D eigenvalue weighted by molar-refractivity contribution is 5.70. The van der Waals surface area contributed by atoms with E-state index in [0.717, 1.165) is 19.3 Å². The quantitative estimate of drug-likeness (QED) is 0.699. The fourth-order valence-corrected chi connectivity index (χ4v) is 3.09. The lowest BCUT2D eigenvalue weighted by Gasteiger charge is -2.31. The number of fused-ring (bicyclic) bond motifs is 2. The summed E-state index contributed by atoms with van der Waals surface area (Å²) >= 11 is 0. The molecule has 2 rings (SSSR count). The molecule has 2 saturated carbocycles. The van der Waals surface area contributed by atoms with E-state index in [1.807, 2.05) is 0 Å². The van der Waals surface area contributed by atoms with Gasteiger partial charge in [0, 0.05) is 0 Å². The van der Waals surface area contributed by atoms with Gasteiger partial charge in [-0.3, -0.25) is 4.79 Å². The van der Waals surface area contributed by atoms with Gasteiger partial charge in [0.05, 0.1) is 18.6 Å². The highest BCUT2D eigenvalue weighted by Crippen LogP contribution is 2.52. The van der Waals surface area contributed by atoms with Crippen LogP contribution >= 0.6 is 0 Å². The molecule has 2 aliphatic rings. The molecule has 1 N–H and O–H groups in total. The van der Waals surface area contributed by atoms with Gasteiger partial charge in [0.1, 0.15) is 0 Å². The smallest absolute Gasteiger partial charge is 0.308 e. The van der Waals surface area contributed by atoms with E-state index < -0.39 is 5.60 Å². The fourth-order valence-electron chi connectivity index (χ4n) is 3.09. The van der Waals surface area contributed by atoms with Crippen LogP contribution in [0.3, 0.4) is 0 Å². The number of carbonyl (C=O) groups is 1. The summed E-state index contributed by atoms with van der Waals surface area (Å²) in [6, 6.07) is 0. The van der Waals surface area contributed by atoms with Crippen molar-refractivity contribution in [3.05, 3.63) is 0 Å². The zero-order valence-electron chi connectivity index (χ0n) is 8.66. The van der Waals surface area contributed by atoms with Crippen molar-refractivity contribution in [2.45, 2.75) is 44.6 Å². The van der Waals surface area contributed by atoms with Gasteiger partial charge in [-0.15, -0.1) is 0 Å². The van der Waals surface area contributed by atoms with Crippen molar-refractivity contribution < 1.29 is 14.6 Å². The number of rotatable bonds is 3. The van der Waals surface area contributed by atoms with E-state index >= 15 is 0 Å². The fraction of sp³-hybridized carbons (Fsp3) is 0.909. The number of aliphatic hydroxyl groups is 1. The van der Waals surface area contributed by atoms with Crippen molar-refractivity contribution in [2.75, 3.05) is 6.61 Å². The van der Waals surface area contributed by atoms with Crippen LogP contribution in [0.5, 0.6) is 0 Å². The lowest BCUT2D eigenvalue weighted by atomic mass is 9.82. The summed E-state index contributed by atoms with van der Waals surface area (Å²) in [4.78, 5) is 11.3. The second kappa shape index (κ2) is 3.54. The molecule has 0 saturated heterocycles. The van der Waals surface area contributed by atoms with Crippen molar-refractivity contribution >= 4 is 5.97 Å². The molecule has 0 radical (unpaired) electrons. The molecule has 0 spiro atoms. The molecule has 3 heteroatoms. The Morgan fingerprint density at radius 2 is 2.36 bits per heavy atom. The topological polar surface area (TPSA) is 46.5 Å². The van der Waals surface area contributed by atoms with Crippen molar-refractivity contribution in [1.82, 2.24) is 0 Å². The molecular weight excluding hydrogens is 180 g/mol. The maximum absolute atomic E-state index is 11.3. The number of esters is 1. The van der Waals surface area contributed by atoms with Crippen molar-refractivity contribution in [2.24, 2.45) is 11.8 Å². The van der Waals surface area contributed by atoms with E-state index in [1.54, 1.807) is 6.92 Å². The Balaban J connectivity index is 1.93. The van der Waals surface area contributed by atoms with E-state index in [0.29, 0.717) is 18.4 Å². The lowest BCUT2D eigenvalue weighted by Crippen LogP contribution is -2.37. The van der Waals surface area contributed by atoms with Crippen molar-refractivity contribution in [3.8, 4) is 0 Å². The van der Waals surface area contributed by atoms with Gasteiger partial charge in [0.25, 0.3) is 0 Å². The predicted molar refractivity (Wildman–Crippen MR) is 51.6 cm³/mol. The number of hydrogen-bond donors (Lipinski definition) is 1.